The van der Waals surface area contributed by atoms with E-state index >= 15 is 0 Å². The molecule has 0 aliphatic carbocycles. The zero-order valence-electron chi connectivity index (χ0n) is 14.7. The summed E-state index contributed by atoms with van der Waals surface area (Å²) in [5, 5.41) is 2.82. The molecule has 0 aromatic heterocycles. The van der Waals surface area contributed by atoms with E-state index in [0.29, 0.717) is 30.2 Å². The van der Waals surface area contributed by atoms with Crippen molar-refractivity contribution in [3.05, 3.63) is 48.0 Å². The normalized spacial score (nSPS) is 12.4. The molecule has 7 heteroatoms. The average Bonchev–Trinajstić information content (AvgIpc) is 2.65. The molecule has 136 valence electrons. The monoisotopic (exact) mass is 372 g/mol. The first-order valence-electron chi connectivity index (χ1n) is 8.17. The predicted molar refractivity (Wildman–Crippen MR) is 101 cm³/mol. The molecule has 6 nitrogen and oxygen atoms in total. The topological polar surface area (TPSA) is 67.9 Å². The highest BCUT2D eigenvalue weighted by Gasteiger charge is 2.13. The quantitative estimate of drug-likeness (QED) is 0.818. The summed E-state index contributed by atoms with van der Waals surface area (Å²) in [5.41, 5.74) is 1.14. The molecular formula is C19H20N2O4S. The van der Waals surface area contributed by atoms with Crippen molar-refractivity contribution in [1.82, 2.24) is 4.90 Å². The van der Waals surface area contributed by atoms with Crippen molar-refractivity contribution >= 4 is 29.3 Å². The van der Waals surface area contributed by atoms with Crippen LogP contribution in [0.2, 0.25) is 0 Å². The van der Waals surface area contributed by atoms with Crippen molar-refractivity contribution in [1.29, 1.82) is 0 Å². The molecule has 1 heterocycles. The summed E-state index contributed by atoms with van der Waals surface area (Å²) in [6, 6.07) is 12.5. The minimum Gasteiger partial charge on any atom is -0.486 e. The molecule has 2 aromatic carbocycles. The lowest BCUT2D eigenvalue weighted by molar-refractivity contribution is -0.113. The molecule has 2 aromatic rings. The number of thioether (sulfide) groups is 1. The number of rotatable bonds is 5. The van der Waals surface area contributed by atoms with Crippen LogP contribution in [0.1, 0.15) is 10.4 Å². The SMILES string of the molecule is CN(C)C(=O)c1cccc(NC(=O)CSc2ccc3c(c2)OCCO3)c1. The van der Waals surface area contributed by atoms with Gasteiger partial charge >= 0.3 is 0 Å². The zero-order valence-corrected chi connectivity index (χ0v) is 15.5. The molecule has 3 rings (SSSR count). The third-order valence-electron chi connectivity index (χ3n) is 3.68. The first-order valence-corrected chi connectivity index (χ1v) is 9.15. The molecule has 0 saturated heterocycles. The fourth-order valence-electron chi connectivity index (χ4n) is 2.45. The highest BCUT2D eigenvalue weighted by molar-refractivity contribution is 8.00. The van der Waals surface area contributed by atoms with E-state index in [1.165, 1.54) is 16.7 Å². The predicted octanol–water partition coefficient (Wildman–Crippen LogP) is 2.89. The molecule has 0 bridgehead atoms. The van der Waals surface area contributed by atoms with Crippen LogP contribution < -0.4 is 14.8 Å². The standard InChI is InChI=1S/C19H20N2O4S/c1-21(2)19(23)13-4-3-5-14(10-13)20-18(22)12-26-15-6-7-16-17(11-15)25-9-8-24-16/h3-7,10-11H,8-9,12H2,1-2H3,(H,20,22). The van der Waals surface area contributed by atoms with Gasteiger partial charge in [0.25, 0.3) is 5.91 Å². The van der Waals surface area contributed by atoms with E-state index in [4.69, 9.17) is 9.47 Å². The number of amides is 2. The van der Waals surface area contributed by atoms with Crippen LogP contribution in [-0.2, 0) is 4.79 Å². The number of ether oxygens (including phenoxy) is 2. The van der Waals surface area contributed by atoms with Gasteiger partial charge in [-0.15, -0.1) is 11.8 Å². The maximum absolute atomic E-state index is 12.2. The number of carbonyl (C=O) groups is 2. The van der Waals surface area contributed by atoms with E-state index in [2.05, 4.69) is 5.32 Å². The Morgan fingerprint density at radius 3 is 2.62 bits per heavy atom. The van der Waals surface area contributed by atoms with Crippen molar-refractivity contribution < 1.29 is 19.1 Å². The third kappa shape index (κ3) is 4.49. The summed E-state index contributed by atoms with van der Waals surface area (Å²) in [6.45, 7) is 1.08. The van der Waals surface area contributed by atoms with E-state index in [0.717, 1.165) is 10.6 Å². The Kier molecular flexibility index (Phi) is 5.68. The fourth-order valence-corrected chi connectivity index (χ4v) is 3.17. The molecule has 0 fully saturated rings. The van der Waals surface area contributed by atoms with Gasteiger partial charge in [0.2, 0.25) is 5.91 Å². The van der Waals surface area contributed by atoms with Gasteiger partial charge in [-0.1, -0.05) is 6.07 Å². The van der Waals surface area contributed by atoms with Crippen molar-refractivity contribution in [3.63, 3.8) is 0 Å². The molecule has 0 atom stereocenters. The zero-order chi connectivity index (χ0) is 18.5. The van der Waals surface area contributed by atoms with Gasteiger partial charge in [-0.25, -0.2) is 0 Å². The van der Waals surface area contributed by atoms with Crippen molar-refractivity contribution in [3.8, 4) is 11.5 Å². The smallest absolute Gasteiger partial charge is 0.253 e. The molecule has 0 radical (unpaired) electrons. The van der Waals surface area contributed by atoms with Crippen LogP contribution in [0.5, 0.6) is 11.5 Å². The summed E-state index contributed by atoms with van der Waals surface area (Å²) in [4.78, 5) is 26.6. The molecule has 0 spiro atoms. The second-order valence-electron chi connectivity index (χ2n) is 5.92. The Morgan fingerprint density at radius 1 is 1.08 bits per heavy atom. The third-order valence-corrected chi connectivity index (χ3v) is 4.68. The van der Waals surface area contributed by atoms with Gasteiger partial charge in [0.1, 0.15) is 13.2 Å². The van der Waals surface area contributed by atoms with Crippen molar-refractivity contribution in [2.24, 2.45) is 0 Å². The maximum atomic E-state index is 12.2. The molecule has 1 aliphatic heterocycles. The van der Waals surface area contributed by atoms with Crippen molar-refractivity contribution in [2.45, 2.75) is 4.90 Å². The molecule has 2 amide bonds. The number of nitrogens with one attached hydrogen (secondary N) is 1. The van der Waals surface area contributed by atoms with Gasteiger partial charge in [0, 0.05) is 30.2 Å². The Morgan fingerprint density at radius 2 is 1.85 bits per heavy atom. The summed E-state index contributed by atoms with van der Waals surface area (Å²) in [6.07, 6.45) is 0. The molecule has 1 N–H and O–H groups in total. The van der Waals surface area contributed by atoms with Crippen LogP contribution in [0, 0.1) is 0 Å². The van der Waals surface area contributed by atoms with Gasteiger partial charge in [-0.05, 0) is 36.4 Å². The molecule has 0 saturated carbocycles. The van der Waals surface area contributed by atoms with Gasteiger partial charge in [-0.3, -0.25) is 9.59 Å². The minimum atomic E-state index is -0.139. The summed E-state index contributed by atoms with van der Waals surface area (Å²) in [7, 11) is 3.38. The lowest BCUT2D eigenvalue weighted by Gasteiger charge is -2.18. The van der Waals surface area contributed by atoms with Crippen LogP contribution >= 0.6 is 11.8 Å². The summed E-state index contributed by atoms with van der Waals surface area (Å²) >= 11 is 1.41. The van der Waals surface area contributed by atoms with Gasteiger partial charge < -0.3 is 19.7 Å². The number of anilines is 1. The number of carbonyl (C=O) groups excluding carboxylic acids is 2. The van der Waals surface area contributed by atoms with Crippen molar-refractivity contribution in [2.75, 3.05) is 38.4 Å². The molecule has 0 unspecified atom stereocenters. The Balaban J connectivity index is 1.58. The van der Waals surface area contributed by atoms with Crippen LogP contribution in [0.15, 0.2) is 47.4 Å². The number of hydrogen-bond donors (Lipinski definition) is 1. The summed E-state index contributed by atoms with van der Waals surface area (Å²) < 4.78 is 11.0. The highest BCUT2D eigenvalue weighted by atomic mass is 32.2. The highest BCUT2D eigenvalue weighted by Crippen LogP contribution is 2.34. The first kappa shape index (κ1) is 18.1. The fraction of sp³-hybridized carbons (Fsp3) is 0.263. The van der Waals surface area contributed by atoms with Crippen LogP contribution in [0.25, 0.3) is 0 Å². The number of benzene rings is 2. The maximum Gasteiger partial charge on any atom is 0.253 e. The second kappa shape index (κ2) is 8.14. The molecular weight excluding hydrogens is 352 g/mol. The van der Waals surface area contributed by atoms with E-state index in [9.17, 15) is 9.59 Å². The van der Waals surface area contributed by atoms with E-state index < -0.39 is 0 Å². The first-order chi connectivity index (χ1) is 12.5. The van der Waals surface area contributed by atoms with E-state index in [1.807, 2.05) is 18.2 Å². The Bertz CT molecular complexity index is 823. The van der Waals surface area contributed by atoms with Gasteiger partial charge in [0.15, 0.2) is 11.5 Å². The number of nitrogens with zero attached hydrogens (tertiary/aromatic N) is 1. The van der Waals surface area contributed by atoms with Crippen LogP contribution in [-0.4, -0.2) is 49.8 Å². The molecule has 26 heavy (non-hydrogen) atoms. The van der Waals surface area contributed by atoms with Gasteiger partial charge in [0.05, 0.1) is 5.75 Å². The Hall–Kier alpha value is -2.67. The van der Waals surface area contributed by atoms with E-state index in [1.54, 1.807) is 38.4 Å². The van der Waals surface area contributed by atoms with Crippen LogP contribution in [0.4, 0.5) is 5.69 Å². The number of fused-ring (bicyclic) bond motifs is 1. The molecule has 1 aliphatic rings. The van der Waals surface area contributed by atoms with Gasteiger partial charge in [-0.2, -0.15) is 0 Å². The van der Waals surface area contributed by atoms with E-state index in [-0.39, 0.29) is 17.6 Å². The largest absolute Gasteiger partial charge is 0.486 e. The lowest BCUT2D eigenvalue weighted by atomic mass is 10.2. The lowest BCUT2D eigenvalue weighted by Crippen LogP contribution is -2.22. The average molecular weight is 372 g/mol. The number of hydrogen-bond acceptors (Lipinski definition) is 5. The second-order valence-corrected chi connectivity index (χ2v) is 6.97. The summed E-state index contributed by atoms with van der Waals surface area (Å²) in [5.74, 6) is 1.45. The Labute approximate surface area is 156 Å². The van der Waals surface area contributed by atoms with Crippen LogP contribution in [0.3, 0.4) is 0 Å². The minimum absolute atomic E-state index is 0.105.